The number of rotatable bonds is 45. The number of benzene rings is 4. The summed E-state index contributed by atoms with van der Waals surface area (Å²) in [5, 5.41) is 65.4. The van der Waals surface area contributed by atoms with E-state index in [0.29, 0.717) is 23.3 Å². The number of carboxylic acid groups (broad SMARTS) is 1. The number of carbonyl (C=O) groups is 11. The zero-order chi connectivity index (χ0) is 80.8. The Hall–Kier alpha value is -13.0. The van der Waals surface area contributed by atoms with Gasteiger partial charge in [0, 0.05) is 67.9 Å². The van der Waals surface area contributed by atoms with Gasteiger partial charge in [-0.25, -0.2) is 29.0 Å². The number of ether oxygens (including phenoxy) is 1. The van der Waals surface area contributed by atoms with Gasteiger partial charge in [-0.3, -0.25) is 53.4 Å². The fourth-order valence-electron chi connectivity index (χ4n) is 11.8. The van der Waals surface area contributed by atoms with E-state index in [9.17, 15) is 77.6 Å². The van der Waals surface area contributed by atoms with E-state index in [-0.39, 0.29) is 99.6 Å². The van der Waals surface area contributed by atoms with E-state index >= 15 is 0 Å². The number of phenols is 1. The normalized spacial score (nSPS) is 13.6. The van der Waals surface area contributed by atoms with E-state index in [4.69, 9.17) is 39.5 Å². The Bertz CT molecular complexity index is 4570. The van der Waals surface area contributed by atoms with Crippen molar-refractivity contribution in [2.45, 2.75) is 139 Å². The lowest BCUT2D eigenvalue weighted by Crippen LogP contribution is -2.60. The minimum atomic E-state index is -1.74. The summed E-state index contributed by atoms with van der Waals surface area (Å²) in [7, 11) is 0. The predicted octanol–water partition coefficient (Wildman–Crippen LogP) is -2.69. The number of carboxylic acids is 1. The molecule has 4 aromatic carbocycles. The van der Waals surface area contributed by atoms with Crippen LogP contribution in [0.25, 0.3) is 22.3 Å². The maximum atomic E-state index is 14.8. The number of aliphatic carboxylic acids is 1. The van der Waals surface area contributed by atoms with Crippen molar-refractivity contribution in [3.63, 3.8) is 0 Å². The number of H-pyrrole nitrogens is 3. The molecule has 0 spiro atoms. The van der Waals surface area contributed by atoms with Crippen LogP contribution < -0.4 is 86.9 Å². The molecule has 37 heteroatoms. The number of Topliss-reactive ketones (excluding diaryl/α,β-unsaturated/α-hetero) is 1. The molecule has 9 unspecified atom stereocenters. The Morgan fingerprint density at radius 2 is 1.27 bits per heavy atom. The van der Waals surface area contributed by atoms with E-state index < -0.39 is 175 Å². The number of aromatic nitrogens is 6. The molecule has 111 heavy (non-hydrogen) atoms. The highest BCUT2D eigenvalue weighted by Crippen LogP contribution is 2.25. The van der Waals surface area contributed by atoms with Gasteiger partial charge in [0.05, 0.1) is 36.9 Å². The number of imidazole rings is 1. The molecule has 37 nitrogen and oxygen atoms in total. The first kappa shape index (κ1) is 85.3. The maximum absolute atomic E-state index is 14.8. The van der Waals surface area contributed by atoms with Gasteiger partial charge in [-0.15, -0.1) is 6.42 Å². The average Bonchev–Trinajstić information content (AvgIpc) is 1.58. The number of terminal acetylenes is 1. The van der Waals surface area contributed by atoms with Crippen LogP contribution in [0.3, 0.4) is 0 Å². The molecule has 0 saturated heterocycles. The second-order valence-corrected chi connectivity index (χ2v) is 26.5. The molecular formula is C74H94N20O17. The summed E-state index contributed by atoms with van der Waals surface area (Å²) in [6, 6.07) is 12.8. The number of aliphatic hydroxyl groups excluding tert-OH is 1. The van der Waals surface area contributed by atoms with Gasteiger partial charge >= 0.3 is 17.3 Å². The van der Waals surface area contributed by atoms with Crippen molar-refractivity contribution in [2.24, 2.45) is 34.8 Å². The number of amides is 9. The Morgan fingerprint density at radius 3 is 1.88 bits per heavy atom. The summed E-state index contributed by atoms with van der Waals surface area (Å²) in [5.41, 5.74) is 23.5. The van der Waals surface area contributed by atoms with Gasteiger partial charge in [-0.2, -0.15) is 4.68 Å². The van der Waals surface area contributed by atoms with E-state index in [1.807, 2.05) is 18.2 Å². The first-order chi connectivity index (χ1) is 53.1. The number of nitrogens with one attached hydrogen (secondary N) is 13. The van der Waals surface area contributed by atoms with Crippen LogP contribution in [0.4, 0.5) is 0 Å². The molecule has 0 fully saturated rings. The molecule has 592 valence electrons. The van der Waals surface area contributed by atoms with Crippen LogP contribution in [-0.2, 0) is 78.4 Å². The number of phenolic OH excluding ortho intramolecular Hbond substituents is 1. The van der Waals surface area contributed by atoms with E-state index in [1.54, 1.807) is 56.4 Å². The van der Waals surface area contributed by atoms with Crippen LogP contribution in [-0.4, -0.2) is 197 Å². The fraction of sp³-hybridized carbons (Fsp3) is 0.392. The summed E-state index contributed by atoms with van der Waals surface area (Å²) in [4.78, 5) is 190. The number of aromatic hydroxyl groups is 1. The third-order valence-electron chi connectivity index (χ3n) is 17.9. The molecule has 0 bridgehead atoms. The average molecular weight is 1540 g/mol. The molecule has 24 N–H and O–H groups in total. The molecule has 9 atom stereocenters. The van der Waals surface area contributed by atoms with Crippen molar-refractivity contribution in [2.75, 3.05) is 32.8 Å². The van der Waals surface area contributed by atoms with Crippen molar-refractivity contribution in [1.82, 2.24) is 77.2 Å². The summed E-state index contributed by atoms with van der Waals surface area (Å²) in [6.45, 7) is 1.72. The predicted molar refractivity (Wildman–Crippen MR) is 404 cm³/mol. The van der Waals surface area contributed by atoms with Gasteiger partial charge in [-0.1, -0.05) is 74.4 Å². The van der Waals surface area contributed by atoms with Gasteiger partial charge in [-0.05, 0) is 117 Å². The van der Waals surface area contributed by atoms with Crippen LogP contribution in [0.15, 0.2) is 125 Å². The third-order valence-corrected chi connectivity index (χ3v) is 17.9. The second kappa shape index (κ2) is 42.0. The number of hydrogen-bond acceptors (Lipinski definition) is 20. The zero-order valence-corrected chi connectivity index (χ0v) is 61.0. The number of aliphatic hydroxyl groups is 1. The van der Waals surface area contributed by atoms with Crippen molar-refractivity contribution in [3.05, 3.63) is 159 Å². The molecule has 7 rings (SSSR count). The Morgan fingerprint density at radius 1 is 0.667 bits per heavy atom. The molecule has 0 saturated carbocycles. The van der Waals surface area contributed by atoms with E-state index in [2.05, 4.69) is 73.8 Å². The molecule has 3 heterocycles. The highest BCUT2D eigenvalue weighted by Gasteiger charge is 2.36. The monoisotopic (exact) mass is 1530 g/mol. The number of para-hydroxylation sites is 1. The van der Waals surface area contributed by atoms with Crippen LogP contribution in [0.2, 0.25) is 0 Å². The van der Waals surface area contributed by atoms with Crippen molar-refractivity contribution >= 4 is 81.8 Å². The Labute approximate surface area is 635 Å². The minimum absolute atomic E-state index is 0.00592. The number of nitrogens with zero attached hydrogens (tertiary/aromatic N) is 3. The topological polar surface area (TPSA) is 598 Å². The number of ketones is 1. The smallest absolute Gasteiger partial charge is 0.356 e. The first-order valence-corrected chi connectivity index (χ1v) is 35.6. The molecule has 0 aliphatic heterocycles. The first-order valence-electron chi connectivity index (χ1n) is 35.6. The van der Waals surface area contributed by atoms with Crippen molar-refractivity contribution in [1.29, 1.82) is 5.41 Å². The van der Waals surface area contributed by atoms with Crippen LogP contribution in [0.5, 0.6) is 11.5 Å². The quantitative estimate of drug-likeness (QED) is 0.00800. The van der Waals surface area contributed by atoms with Gasteiger partial charge in [0.25, 0.3) is 0 Å². The molecule has 7 aromatic rings. The lowest BCUT2D eigenvalue weighted by molar-refractivity contribution is -0.141. The Balaban J connectivity index is 1.06. The summed E-state index contributed by atoms with van der Waals surface area (Å²) in [6.07, 6.45) is 7.56. The SMILES string of the molecule is C#CCOc1ccc(-n2c(=O)[nH]n(-c3cc(CC(NC(=O)CNC(=O)C(Cc4ccccc4)NC(=O)C(Cc4c[nH]cn4)NC(=O)C(CCCNC(=N)N)NC(=O)C(CCCCN)NC(=O)C(CCC(N)=O)NC(=O)C(CO)NC(=O)C(CC(=O)C(N)C(C)C)Cc4c[nH]c5ccccc45)C(=O)O)ccc3O)c2=O)cc1. The van der Waals surface area contributed by atoms with Gasteiger partial charge in [0.15, 0.2) is 11.7 Å². The van der Waals surface area contributed by atoms with Crippen LogP contribution in [0.1, 0.15) is 87.6 Å². The van der Waals surface area contributed by atoms with Gasteiger partial charge in [0.1, 0.15) is 66.1 Å². The number of carbonyl (C=O) groups excluding carboxylic acids is 10. The minimum Gasteiger partial charge on any atom is -0.506 e. The zero-order valence-electron chi connectivity index (χ0n) is 61.0. The number of nitrogens with two attached hydrogens (primary N) is 4. The second-order valence-electron chi connectivity index (χ2n) is 26.5. The maximum Gasteiger partial charge on any atom is 0.356 e. The molecule has 3 aromatic heterocycles. The van der Waals surface area contributed by atoms with E-state index in [1.165, 1.54) is 48.9 Å². The van der Waals surface area contributed by atoms with Gasteiger partial charge in [0.2, 0.25) is 53.2 Å². The largest absolute Gasteiger partial charge is 0.506 e. The standard InChI is InChI=1S/C74H94N20O17/c1-4-29-111-48-22-20-47(21-23-48)93-73(109)92-94(74(93)110)58-32-43(19-25-59(58)96)31-56(71(107)108)85-62(99)38-83-65(101)54(30-42-13-6-5-7-14-42)89-69(105)55(35-46-37-80-40-84-46)90-67(103)52(18-12-28-81-72(78)79)87-66(102)51(17-10-11-27-75)86-68(104)53(24-26-61(76)98)88-70(106)57(39-95)91-64(100)44(34-60(97)63(77)41(2)3)33-45-36-82-50-16-9-8-15-49(45)50/h1,5-9,13-16,19-23,25,32,36-37,40-41,44,51-57,63,82,95-96H,10-12,17-18,24,26-31,33-35,38-39,75,77H2,2-3H3,(H2,76,98)(H,80,84)(H,83,101)(H,85,99)(H,86,104)(H,87,102)(H,88,106)(H,89,105)(H,90,103)(H,91,100)(H,92,109)(H,107,108)(H4,78,79,81). The number of fused-ring (bicyclic) bond motifs is 1. The molecule has 9 amide bonds. The third kappa shape index (κ3) is 25.6. The lowest BCUT2D eigenvalue weighted by Gasteiger charge is -2.28. The summed E-state index contributed by atoms with van der Waals surface area (Å²) < 4.78 is 6.87. The van der Waals surface area contributed by atoms with Gasteiger partial charge < -0.3 is 101 Å². The molecular weight excluding hydrogens is 1440 g/mol. The molecule has 0 aliphatic carbocycles. The Kier molecular flexibility index (Phi) is 32.3. The number of hydrogen-bond donors (Lipinski definition) is 20. The number of primary amides is 1. The van der Waals surface area contributed by atoms with Crippen molar-refractivity contribution < 1.29 is 72.8 Å². The molecule has 0 radical (unpaired) electrons. The highest BCUT2D eigenvalue weighted by atomic mass is 16.5. The number of unbranched alkanes of at least 4 members (excludes halogenated alkanes) is 1. The molecule has 0 aliphatic rings. The lowest BCUT2D eigenvalue weighted by atomic mass is 9.88. The van der Waals surface area contributed by atoms with E-state index in [0.717, 1.165) is 26.2 Å². The summed E-state index contributed by atoms with van der Waals surface area (Å²) in [5.74, 6) is -10.4. The van der Waals surface area contributed by atoms with Crippen LogP contribution >= 0.6 is 0 Å². The van der Waals surface area contributed by atoms with Crippen LogP contribution in [0, 0.1) is 29.6 Å². The highest BCUT2D eigenvalue weighted by molar-refractivity contribution is 5.99. The summed E-state index contributed by atoms with van der Waals surface area (Å²) >= 11 is 0. The fourth-order valence-corrected chi connectivity index (χ4v) is 11.8. The number of aromatic amines is 3. The van der Waals surface area contributed by atoms with Crippen molar-refractivity contribution in [3.8, 4) is 35.2 Å². The number of guanidine groups is 1.